The number of rotatable bonds is 4. The molecular weight excluding hydrogens is 204 g/mol. The van der Waals surface area contributed by atoms with Crippen molar-refractivity contribution < 1.29 is 4.74 Å². The van der Waals surface area contributed by atoms with E-state index >= 15 is 0 Å². The number of hydrogen-bond acceptors (Lipinski definition) is 5. The molecule has 1 unspecified atom stereocenters. The highest BCUT2D eigenvalue weighted by atomic mass is 16.5. The topological polar surface area (TPSA) is 73.1 Å². The third-order valence-corrected chi connectivity index (χ3v) is 2.64. The van der Waals surface area contributed by atoms with Gasteiger partial charge in [-0.15, -0.1) is 0 Å². The summed E-state index contributed by atoms with van der Waals surface area (Å²) < 4.78 is 5.52. The Hall–Kier alpha value is -1.36. The standard InChI is InChI=1S/C11H18N4O/c1-2-10-14-9(12)6-11(15-10)13-7-8-4-3-5-16-8/h6,8H,2-5,7H2,1H3,(H3,12,13,14,15). The van der Waals surface area contributed by atoms with Gasteiger partial charge in [0.25, 0.3) is 0 Å². The molecule has 0 radical (unpaired) electrons. The van der Waals surface area contributed by atoms with Crippen LogP contribution in [0.5, 0.6) is 0 Å². The van der Waals surface area contributed by atoms with Crippen LogP contribution in [0.1, 0.15) is 25.6 Å². The normalized spacial score (nSPS) is 19.9. The van der Waals surface area contributed by atoms with E-state index in [1.807, 2.05) is 6.92 Å². The van der Waals surface area contributed by atoms with E-state index in [1.54, 1.807) is 6.07 Å². The molecule has 0 spiro atoms. The van der Waals surface area contributed by atoms with E-state index < -0.39 is 0 Å². The molecule has 0 bridgehead atoms. The Balaban J connectivity index is 1.94. The second-order valence-corrected chi connectivity index (χ2v) is 3.96. The van der Waals surface area contributed by atoms with Gasteiger partial charge in [-0.2, -0.15) is 0 Å². The first-order chi connectivity index (χ1) is 7.78. The van der Waals surface area contributed by atoms with Crippen LogP contribution in [-0.2, 0) is 11.2 Å². The lowest BCUT2D eigenvalue weighted by molar-refractivity contribution is 0.120. The van der Waals surface area contributed by atoms with Gasteiger partial charge in [0.2, 0.25) is 0 Å². The predicted molar refractivity (Wildman–Crippen MR) is 63.3 cm³/mol. The van der Waals surface area contributed by atoms with Gasteiger partial charge in [-0.25, -0.2) is 9.97 Å². The maximum atomic E-state index is 5.70. The second kappa shape index (κ2) is 5.12. The van der Waals surface area contributed by atoms with Crippen LogP contribution in [0.2, 0.25) is 0 Å². The van der Waals surface area contributed by atoms with Gasteiger partial charge in [0, 0.05) is 25.6 Å². The van der Waals surface area contributed by atoms with Crippen molar-refractivity contribution in [1.82, 2.24) is 9.97 Å². The number of nitrogens with one attached hydrogen (secondary N) is 1. The van der Waals surface area contributed by atoms with Crippen LogP contribution >= 0.6 is 0 Å². The molecule has 1 atom stereocenters. The molecule has 1 saturated heterocycles. The van der Waals surface area contributed by atoms with Gasteiger partial charge in [0.05, 0.1) is 6.10 Å². The molecule has 1 fully saturated rings. The maximum Gasteiger partial charge on any atom is 0.132 e. The first kappa shape index (κ1) is 11.1. The van der Waals surface area contributed by atoms with Gasteiger partial charge in [-0.1, -0.05) is 6.92 Å². The Kier molecular flexibility index (Phi) is 3.56. The summed E-state index contributed by atoms with van der Waals surface area (Å²) in [6.45, 7) is 3.68. The van der Waals surface area contributed by atoms with Crippen molar-refractivity contribution in [1.29, 1.82) is 0 Å². The molecule has 2 rings (SSSR count). The number of ether oxygens (including phenoxy) is 1. The Bertz CT molecular complexity index is 350. The number of nitrogens with zero attached hydrogens (tertiary/aromatic N) is 2. The smallest absolute Gasteiger partial charge is 0.132 e. The number of nitrogens with two attached hydrogens (primary N) is 1. The second-order valence-electron chi connectivity index (χ2n) is 3.96. The summed E-state index contributed by atoms with van der Waals surface area (Å²) in [5.41, 5.74) is 5.70. The van der Waals surface area contributed by atoms with Gasteiger partial charge < -0.3 is 15.8 Å². The summed E-state index contributed by atoms with van der Waals surface area (Å²) in [5, 5.41) is 3.25. The van der Waals surface area contributed by atoms with Crippen LogP contribution in [0.25, 0.3) is 0 Å². The van der Waals surface area contributed by atoms with Crippen molar-refractivity contribution in [3.8, 4) is 0 Å². The van der Waals surface area contributed by atoms with Crippen LogP contribution in [0.15, 0.2) is 6.07 Å². The first-order valence-electron chi connectivity index (χ1n) is 5.77. The monoisotopic (exact) mass is 222 g/mol. The fourth-order valence-corrected chi connectivity index (χ4v) is 1.79. The minimum atomic E-state index is 0.307. The van der Waals surface area contributed by atoms with Gasteiger partial charge in [-0.3, -0.25) is 0 Å². The molecule has 1 aliphatic rings. The molecule has 5 nitrogen and oxygen atoms in total. The zero-order valence-electron chi connectivity index (χ0n) is 9.57. The summed E-state index contributed by atoms with van der Waals surface area (Å²) in [7, 11) is 0. The number of aryl methyl sites for hydroxylation is 1. The summed E-state index contributed by atoms with van der Waals surface area (Å²) in [6, 6.07) is 1.76. The highest BCUT2D eigenvalue weighted by Crippen LogP contribution is 2.14. The van der Waals surface area contributed by atoms with Crippen molar-refractivity contribution in [3.63, 3.8) is 0 Å². The lowest BCUT2D eigenvalue weighted by Crippen LogP contribution is -2.19. The molecular formula is C11H18N4O. The van der Waals surface area contributed by atoms with E-state index in [0.717, 1.165) is 44.1 Å². The van der Waals surface area contributed by atoms with Crippen molar-refractivity contribution >= 4 is 11.6 Å². The first-order valence-corrected chi connectivity index (χ1v) is 5.77. The van der Waals surface area contributed by atoms with Crippen molar-refractivity contribution in [3.05, 3.63) is 11.9 Å². The predicted octanol–water partition coefficient (Wildman–Crippen LogP) is 1.21. The fraction of sp³-hybridized carbons (Fsp3) is 0.636. The Labute approximate surface area is 95.4 Å². The largest absolute Gasteiger partial charge is 0.384 e. The zero-order chi connectivity index (χ0) is 11.4. The van der Waals surface area contributed by atoms with Gasteiger partial charge in [0.15, 0.2) is 0 Å². The molecule has 2 heterocycles. The maximum absolute atomic E-state index is 5.70. The molecule has 1 aromatic rings. The van der Waals surface area contributed by atoms with Crippen molar-refractivity contribution in [2.45, 2.75) is 32.3 Å². The number of nitrogen functional groups attached to an aromatic ring is 1. The van der Waals surface area contributed by atoms with Crippen molar-refractivity contribution in [2.24, 2.45) is 0 Å². The lowest BCUT2D eigenvalue weighted by Gasteiger charge is -2.12. The molecule has 1 aromatic heterocycles. The molecule has 1 aliphatic heterocycles. The SMILES string of the molecule is CCc1nc(N)cc(NCC2CCCO2)n1. The van der Waals surface area contributed by atoms with E-state index in [-0.39, 0.29) is 0 Å². The number of aromatic nitrogens is 2. The highest BCUT2D eigenvalue weighted by Gasteiger charge is 2.15. The molecule has 5 heteroatoms. The molecule has 3 N–H and O–H groups in total. The summed E-state index contributed by atoms with van der Waals surface area (Å²) in [6.07, 6.45) is 3.37. The van der Waals surface area contributed by atoms with E-state index in [0.29, 0.717) is 11.9 Å². The average Bonchev–Trinajstić information content (AvgIpc) is 2.78. The highest BCUT2D eigenvalue weighted by molar-refractivity contribution is 5.44. The van der Waals surface area contributed by atoms with Crippen LogP contribution < -0.4 is 11.1 Å². The fourth-order valence-electron chi connectivity index (χ4n) is 1.79. The zero-order valence-corrected chi connectivity index (χ0v) is 9.57. The van der Waals surface area contributed by atoms with E-state index in [2.05, 4.69) is 15.3 Å². The quantitative estimate of drug-likeness (QED) is 0.801. The third kappa shape index (κ3) is 2.82. The summed E-state index contributed by atoms with van der Waals surface area (Å²) >= 11 is 0. The van der Waals surface area contributed by atoms with Crippen molar-refractivity contribution in [2.75, 3.05) is 24.2 Å². The number of anilines is 2. The number of hydrogen-bond donors (Lipinski definition) is 2. The van der Waals surface area contributed by atoms with E-state index in [1.165, 1.54) is 0 Å². The van der Waals surface area contributed by atoms with Gasteiger partial charge in [0.1, 0.15) is 17.5 Å². The molecule has 0 aliphatic carbocycles. The third-order valence-electron chi connectivity index (χ3n) is 2.64. The lowest BCUT2D eigenvalue weighted by atomic mass is 10.2. The molecule has 0 saturated carbocycles. The van der Waals surface area contributed by atoms with Crippen LogP contribution in [0, 0.1) is 0 Å². The summed E-state index contributed by atoms with van der Waals surface area (Å²) in [5.74, 6) is 2.08. The molecule has 0 aromatic carbocycles. The van der Waals surface area contributed by atoms with Gasteiger partial charge >= 0.3 is 0 Å². The Morgan fingerprint density at radius 3 is 3.12 bits per heavy atom. The minimum absolute atomic E-state index is 0.307. The molecule has 88 valence electrons. The minimum Gasteiger partial charge on any atom is -0.384 e. The Morgan fingerprint density at radius 1 is 1.56 bits per heavy atom. The molecule has 16 heavy (non-hydrogen) atoms. The molecule has 0 amide bonds. The van der Waals surface area contributed by atoms with Gasteiger partial charge in [-0.05, 0) is 12.8 Å². The summed E-state index contributed by atoms with van der Waals surface area (Å²) in [4.78, 5) is 8.48. The van der Waals surface area contributed by atoms with E-state index in [4.69, 9.17) is 10.5 Å². The van der Waals surface area contributed by atoms with Crippen LogP contribution in [-0.4, -0.2) is 29.2 Å². The average molecular weight is 222 g/mol. The Morgan fingerprint density at radius 2 is 2.44 bits per heavy atom. The van der Waals surface area contributed by atoms with E-state index in [9.17, 15) is 0 Å². The van der Waals surface area contributed by atoms with Crippen LogP contribution in [0.4, 0.5) is 11.6 Å². The van der Waals surface area contributed by atoms with Crippen LogP contribution in [0.3, 0.4) is 0 Å².